The molecular formula is C15H20N2OS. The van der Waals surface area contributed by atoms with Crippen LogP contribution in [0.25, 0.3) is 0 Å². The molecule has 1 saturated carbocycles. The van der Waals surface area contributed by atoms with E-state index in [0.717, 1.165) is 24.1 Å². The molecule has 0 radical (unpaired) electrons. The lowest BCUT2D eigenvalue weighted by atomic mass is 10.1. The van der Waals surface area contributed by atoms with Gasteiger partial charge in [0, 0.05) is 28.6 Å². The Morgan fingerprint density at radius 2 is 1.95 bits per heavy atom. The van der Waals surface area contributed by atoms with Gasteiger partial charge in [-0.25, -0.2) is 0 Å². The average Bonchev–Trinajstić information content (AvgIpc) is 3.14. The maximum absolute atomic E-state index is 11.9. The normalized spacial score (nSPS) is 26.2. The number of nitrogens with one attached hydrogen (secondary N) is 2. The summed E-state index contributed by atoms with van der Waals surface area (Å²) in [6, 6.07) is 8.81. The first-order chi connectivity index (χ1) is 9.22. The molecule has 19 heavy (non-hydrogen) atoms. The highest BCUT2D eigenvalue weighted by molar-refractivity contribution is 8.00. The Balaban J connectivity index is 1.59. The summed E-state index contributed by atoms with van der Waals surface area (Å²) in [7, 11) is 0. The Labute approximate surface area is 118 Å². The molecule has 4 heteroatoms. The standard InChI is InChI=1S/C15H20N2OS/c1-10-14(8-9-19-10)16-12-4-2-11(3-5-12)15(18)17-13-6-7-13/h2-5,10,13-14,16H,6-9H2,1H3,(H,17,18). The predicted octanol–water partition coefficient (Wildman–Crippen LogP) is 2.88. The van der Waals surface area contributed by atoms with Gasteiger partial charge in [-0.3, -0.25) is 4.79 Å². The quantitative estimate of drug-likeness (QED) is 0.888. The lowest BCUT2D eigenvalue weighted by Crippen LogP contribution is -2.26. The van der Waals surface area contributed by atoms with E-state index in [1.54, 1.807) is 0 Å². The van der Waals surface area contributed by atoms with E-state index in [-0.39, 0.29) is 5.91 Å². The predicted molar refractivity (Wildman–Crippen MR) is 80.9 cm³/mol. The first kappa shape index (κ1) is 12.9. The van der Waals surface area contributed by atoms with Crippen LogP contribution in [-0.4, -0.2) is 29.0 Å². The summed E-state index contributed by atoms with van der Waals surface area (Å²) < 4.78 is 0. The zero-order valence-corrected chi connectivity index (χ0v) is 12.0. The maximum Gasteiger partial charge on any atom is 0.251 e. The molecule has 2 unspecified atom stereocenters. The molecule has 102 valence electrons. The van der Waals surface area contributed by atoms with Gasteiger partial charge in [-0.2, -0.15) is 11.8 Å². The van der Waals surface area contributed by atoms with E-state index >= 15 is 0 Å². The Morgan fingerprint density at radius 1 is 1.21 bits per heavy atom. The molecule has 2 aliphatic rings. The molecule has 1 aromatic rings. The largest absolute Gasteiger partial charge is 0.381 e. The van der Waals surface area contributed by atoms with Gasteiger partial charge in [-0.05, 0) is 49.3 Å². The fraction of sp³-hybridized carbons (Fsp3) is 0.533. The summed E-state index contributed by atoms with van der Waals surface area (Å²) in [5.74, 6) is 1.29. The van der Waals surface area contributed by atoms with E-state index in [1.165, 1.54) is 12.2 Å². The summed E-state index contributed by atoms with van der Waals surface area (Å²) in [5, 5.41) is 7.23. The fourth-order valence-electron chi connectivity index (χ4n) is 2.35. The highest BCUT2D eigenvalue weighted by Crippen LogP contribution is 2.28. The van der Waals surface area contributed by atoms with Gasteiger partial charge in [-0.1, -0.05) is 6.92 Å². The Bertz CT molecular complexity index is 456. The van der Waals surface area contributed by atoms with Crippen LogP contribution in [-0.2, 0) is 0 Å². The van der Waals surface area contributed by atoms with Gasteiger partial charge in [0.1, 0.15) is 0 Å². The second-order valence-corrected chi connectivity index (χ2v) is 6.93. The molecule has 0 spiro atoms. The van der Waals surface area contributed by atoms with Crippen molar-refractivity contribution in [3.8, 4) is 0 Å². The molecule has 1 aromatic carbocycles. The third-order valence-corrected chi connectivity index (χ3v) is 5.11. The van der Waals surface area contributed by atoms with Gasteiger partial charge < -0.3 is 10.6 Å². The number of amides is 1. The van der Waals surface area contributed by atoms with Crippen molar-refractivity contribution in [2.45, 2.75) is 43.5 Å². The number of rotatable bonds is 4. The summed E-state index contributed by atoms with van der Waals surface area (Å²) in [5.41, 5.74) is 1.87. The molecule has 1 amide bonds. The van der Waals surface area contributed by atoms with Crippen molar-refractivity contribution in [2.75, 3.05) is 11.1 Å². The van der Waals surface area contributed by atoms with Crippen LogP contribution < -0.4 is 10.6 Å². The monoisotopic (exact) mass is 276 g/mol. The number of thioether (sulfide) groups is 1. The fourth-order valence-corrected chi connectivity index (χ4v) is 3.55. The number of hydrogen-bond donors (Lipinski definition) is 2. The summed E-state index contributed by atoms with van der Waals surface area (Å²) in [6.45, 7) is 2.27. The topological polar surface area (TPSA) is 41.1 Å². The summed E-state index contributed by atoms with van der Waals surface area (Å²) >= 11 is 2.02. The average molecular weight is 276 g/mol. The minimum atomic E-state index is 0.0545. The second kappa shape index (κ2) is 5.45. The molecule has 2 atom stereocenters. The van der Waals surface area contributed by atoms with Crippen LogP contribution in [0.4, 0.5) is 5.69 Å². The van der Waals surface area contributed by atoms with Gasteiger partial charge in [0.15, 0.2) is 0 Å². The smallest absolute Gasteiger partial charge is 0.251 e. The first-order valence-corrected chi connectivity index (χ1v) is 8.06. The lowest BCUT2D eigenvalue weighted by molar-refractivity contribution is 0.0951. The number of benzene rings is 1. The number of hydrogen-bond acceptors (Lipinski definition) is 3. The van der Waals surface area contributed by atoms with Crippen molar-refractivity contribution in [3.05, 3.63) is 29.8 Å². The number of anilines is 1. The van der Waals surface area contributed by atoms with E-state index in [2.05, 4.69) is 17.6 Å². The van der Waals surface area contributed by atoms with Crippen molar-refractivity contribution in [3.63, 3.8) is 0 Å². The van der Waals surface area contributed by atoms with Crippen LogP contribution in [0.2, 0.25) is 0 Å². The highest BCUT2D eigenvalue weighted by Gasteiger charge is 2.25. The van der Waals surface area contributed by atoms with Crippen LogP contribution in [0, 0.1) is 0 Å². The van der Waals surface area contributed by atoms with Gasteiger partial charge in [0.05, 0.1) is 0 Å². The second-order valence-electron chi connectivity index (χ2n) is 5.44. The Morgan fingerprint density at radius 3 is 2.53 bits per heavy atom. The molecule has 0 bridgehead atoms. The van der Waals surface area contributed by atoms with Crippen molar-refractivity contribution in [2.24, 2.45) is 0 Å². The molecule has 1 aliphatic heterocycles. The van der Waals surface area contributed by atoms with Crippen LogP contribution in [0.5, 0.6) is 0 Å². The van der Waals surface area contributed by atoms with E-state index in [9.17, 15) is 4.79 Å². The number of carbonyl (C=O) groups excluding carboxylic acids is 1. The summed E-state index contributed by atoms with van der Waals surface area (Å²) in [4.78, 5) is 11.9. The molecule has 3 nitrogen and oxygen atoms in total. The number of carbonyl (C=O) groups is 1. The van der Waals surface area contributed by atoms with E-state index in [0.29, 0.717) is 17.3 Å². The first-order valence-electron chi connectivity index (χ1n) is 7.01. The van der Waals surface area contributed by atoms with E-state index in [4.69, 9.17) is 0 Å². The Hall–Kier alpha value is -1.16. The minimum absolute atomic E-state index is 0.0545. The lowest BCUT2D eigenvalue weighted by Gasteiger charge is -2.18. The molecule has 1 aliphatic carbocycles. The van der Waals surface area contributed by atoms with Gasteiger partial charge >= 0.3 is 0 Å². The zero-order chi connectivity index (χ0) is 13.2. The van der Waals surface area contributed by atoms with Gasteiger partial charge in [0.2, 0.25) is 0 Å². The molecular weight excluding hydrogens is 256 g/mol. The third kappa shape index (κ3) is 3.24. The van der Waals surface area contributed by atoms with Crippen LogP contribution in [0.3, 0.4) is 0 Å². The third-order valence-electron chi connectivity index (χ3n) is 3.79. The van der Waals surface area contributed by atoms with Crippen molar-refractivity contribution < 1.29 is 4.79 Å². The molecule has 1 saturated heterocycles. The van der Waals surface area contributed by atoms with Crippen LogP contribution in [0.1, 0.15) is 36.5 Å². The van der Waals surface area contributed by atoms with Gasteiger partial charge in [0.25, 0.3) is 5.91 Å². The molecule has 3 rings (SSSR count). The van der Waals surface area contributed by atoms with Crippen molar-refractivity contribution in [1.82, 2.24) is 5.32 Å². The zero-order valence-electron chi connectivity index (χ0n) is 11.2. The van der Waals surface area contributed by atoms with Crippen LogP contribution in [0.15, 0.2) is 24.3 Å². The summed E-state index contributed by atoms with van der Waals surface area (Å²) in [6.07, 6.45) is 3.47. The Kier molecular flexibility index (Phi) is 3.69. The van der Waals surface area contributed by atoms with E-state index < -0.39 is 0 Å². The minimum Gasteiger partial charge on any atom is -0.381 e. The van der Waals surface area contributed by atoms with Crippen LogP contribution >= 0.6 is 11.8 Å². The molecule has 2 N–H and O–H groups in total. The molecule has 0 aromatic heterocycles. The van der Waals surface area contributed by atoms with Crippen molar-refractivity contribution in [1.29, 1.82) is 0 Å². The van der Waals surface area contributed by atoms with E-state index in [1.807, 2.05) is 36.0 Å². The maximum atomic E-state index is 11.9. The highest BCUT2D eigenvalue weighted by atomic mass is 32.2. The molecule has 2 fully saturated rings. The molecule has 1 heterocycles. The van der Waals surface area contributed by atoms with Gasteiger partial charge in [-0.15, -0.1) is 0 Å². The SMILES string of the molecule is CC1SCCC1Nc1ccc(C(=O)NC2CC2)cc1. The van der Waals surface area contributed by atoms with Crippen molar-refractivity contribution >= 4 is 23.4 Å².